The molecule has 0 aliphatic rings. The minimum absolute atomic E-state index is 0. The molecule has 1 unspecified atom stereocenters. The summed E-state index contributed by atoms with van der Waals surface area (Å²) in [7, 11) is 1.87. The zero-order valence-electron chi connectivity index (χ0n) is 14.3. The molecular formula is C18H31ClN2O. The van der Waals surface area contributed by atoms with Gasteiger partial charge in [-0.1, -0.05) is 51.1 Å². The number of amides is 1. The number of nitrogens with one attached hydrogen (secondary N) is 2. The summed E-state index contributed by atoms with van der Waals surface area (Å²) in [5.41, 5.74) is 1.53. The lowest BCUT2D eigenvalue weighted by Gasteiger charge is -2.26. The van der Waals surface area contributed by atoms with Gasteiger partial charge in [-0.25, -0.2) is 0 Å². The van der Waals surface area contributed by atoms with Crippen LogP contribution in [0.3, 0.4) is 0 Å². The predicted molar refractivity (Wildman–Crippen MR) is 96.5 cm³/mol. The molecule has 1 amide bonds. The lowest BCUT2D eigenvalue weighted by molar-refractivity contribution is -0.124. The molecule has 1 aromatic carbocycles. The van der Waals surface area contributed by atoms with Crippen LogP contribution in [0.25, 0.3) is 0 Å². The molecule has 0 aliphatic heterocycles. The topological polar surface area (TPSA) is 41.1 Å². The van der Waals surface area contributed by atoms with E-state index in [1.807, 2.05) is 14.0 Å². The predicted octanol–water partition coefficient (Wildman–Crippen LogP) is 3.43. The lowest BCUT2D eigenvalue weighted by atomic mass is 9.86. The van der Waals surface area contributed by atoms with Gasteiger partial charge in [0.1, 0.15) is 0 Å². The van der Waals surface area contributed by atoms with Gasteiger partial charge in [0.05, 0.1) is 0 Å². The van der Waals surface area contributed by atoms with Crippen LogP contribution in [0.1, 0.15) is 39.2 Å². The van der Waals surface area contributed by atoms with E-state index in [0.717, 1.165) is 32.4 Å². The quantitative estimate of drug-likeness (QED) is 0.730. The molecule has 2 N–H and O–H groups in total. The fraction of sp³-hybridized carbons (Fsp3) is 0.611. The van der Waals surface area contributed by atoms with Crippen molar-refractivity contribution < 1.29 is 4.79 Å². The highest BCUT2D eigenvalue weighted by Crippen LogP contribution is 2.22. The average Bonchev–Trinajstić information content (AvgIpc) is 2.46. The number of benzene rings is 1. The number of aryl methyl sites for hydroxylation is 1. The Kier molecular flexibility index (Phi) is 10.1. The van der Waals surface area contributed by atoms with Crippen LogP contribution in [-0.2, 0) is 11.2 Å². The van der Waals surface area contributed by atoms with Crippen molar-refractivity contribution in [1.82, 2.24) is 10.6 Å². The minimum atomic E-state index is 0. The Bertz CT molecular complexity index is 420. The summed E-state index contributed by atoms with van der Waals surface area (Å²) in [6.07, 6.45) is 3.37. The van der Waals surface area contributed by atoms with Crippen LogP contribution in [0, 0.1) is 11.3 Å². The lowest BCUT2D eigenvalue weighted by Crippen LogP contribution is -2.39. The van der Waals surface area contributed by atoms with Crippen molar-refractivity contribution in [2.24, 2.45) is 11.3 Å². The average molecular weight is 327 g/mol. The van der Waals surface area contributed by atoms with Gasteiger partial charge in [0.25, 0.3) is 0 Å². The Morgan fingerprint density at radius 1 is 1.23 bits per heavy atom. The van der Waals surface area contributed by atoms with Gasteiger partial charge in [-0.3, -0.25) is 4.79 Å². The van der Waals surface area contributed by atoms with Gasteiger partial charge in [0, 0.05) is 19.0 Å². The largest absolute Gasteiger partial charge is 0.355 e. The van der Waals surface area contributed by atoms with Gasteiger partial charge < -0.3 is 10.6 Å². The van der Waals surface area contributed by atoms with Crippen molar-refractivity contribution in [3.8, 4) is 0 Å². The van der Waals surface area contributed by atoms with Crippen molar-refractivity contribution in [2.75, 3.05) is 20.1 Å². The van der Waals surface area contributed by atoms with Crippen LogP contribution in [0.5, 0.6) is 0 Å². The number of hydrogen-bond acceptors (Lipinski definition) is 2. The third kappa shape index (κ3) is 8.40. The molecule has 22 heavy (non-hydrogen) atoms. The summed E-state index contributed by atoms with van der Waals surface area (Å²) >= 11 is 0. The molecule has 0 saturated heterocycles. The van der Waals surface area contributed by atoms with E-state index in [0.29, 0.717) is 0 Å². The van der Waals surface area contributed by atoms with E-state index in [9.17, 15) is 4.79 Å². The van der Waals surface area contributed by atoms with Crippen LogP contribution >= 0.6 is 12.4 Å². The maximum atomic E-state index is 11.9. The zero-order chi connectivity index (χ0) is 15.7. The second-order valence-electron chi connectivity index (χ2n) is 6.68. The van der Waals surface area contributed by atoms with E-state index in [1.165, 1.54) is 5.56 Å². The highest BCUT2D eigenvalue weighted by molar-refractivity contribution is 5.85. The van der Waals surface area contributed by atoms with Gasteiger partial charge in [0.15, 0.2) is 0 Å². The van der Waals surface area contributed by atoms with E-state index in [2.05, 4.69) is 54.8 Å². The number of hydrogen-bond donors (Lipinski definition) is 2. The van der Waals surface area contributed by atoms with E-state index in [4.69, 9.17) is 0 Å². The Labute approximate surface area is 141 Å². The van der Waals surface area contributed by atoms with Crippen LogP contribution in [0.4, 0.5) is 0 Å². The smallest absolute Gasteiger partial charge is 0.224 e. The number of carbonyl (C=O) groups is 1. The summed E-state index contributed by atoms with van der Waals surface area (Å²) in [6, 6.07) is 10.6. The standard InChI is InChI=1S/C18H30N2O.ClH/c1-15(13-19-4)17(21)20-14-18(2,3)12-8-11-16-9-6-5-7-10-16;/h5-7,9-10,15,19H,8,11-14H2,1-4H3,(H,20,21);1H. The summed E-state index contributed by atoms with van der Waals surface area (Å²) in [4.78, 5) is 11.9. The summed E-state index contributed by atoms with van der Waals surface area (Å²) in [6.45, 7) is 7.87. The van der Waals surface area contributed by atoms with Gasteiger partial charge in [0.2, 0.25) is 5.91 Å². The third-order valence-electron chi connectivity index (χ3n) is 3.86. The maximum Gasteiger partial charge on any atom is 0.224 e. The van der Waals surface area contributed by atoms with Crippen molar-refractivity contribution in [3.63, 3.8) is 0 Å². The molecule has 0 radical (unpaired) electrons. The highest BCUT2D eigenvalue weighted by atomic mass is 35.5. The molecule has 0 heterocycles. The van der Waals surface area contributed by atoms with Gasteiger partial charge >= 0.3 is 0 Å². The van der Waals surface area contributed by atoms with Gasteiger partial charge in [-0.05, 0) is 37.3 Å². The Morgan fingerprint density at radius 2 is 1.86 bits per heavy atom. The molecule has 3 nitrogen and oxygen atoms in total. The summed E-state index contributed by atoms with van der Waals surface area (Å²) in [5, 5.41) is 6.11. The molecule has 0 aromatic heterocycles. The molecule has 4 heteroatoms. The van der Waals surface area contributed by atoms with Crippen LogP contribution in [0.2, 0.25) is 0 Å². The molecule has 1 atom stereocenters. The molecule has 0 bridgehead atoms. The Morgan fingerprint density at radius 3 is 2.45 bits per heavy atom. The van der Waals surface area contributed by atoms with Gasteiger partial charge in [-0.15, -0.1) is 12.4 Å². The van der Waals surface area contributed by atoms with E-state index < -0.39 is 0 Å². The monoisotopic (exact) mass is 326 g/mol. The molecule has 126 valence electrons. The molecule has 0 aliphatic carbocycles. The molecule has 1 rings (SSSR count). The third-order valence-corrected chi connectivity index (χ3v) is 3.86. The van der Waals surface area contributed by atoms with E-state index in [-0.39, 0.29) is 29.6 Å². The number of halogens is 1. The molecule has 1 aromatic rings. The Hall–Kier alpha value is -1.06. The first-order chi connectivity index (χ1) is 9.94. The zero-order valence-corrected chi connectivity index (χ0v) is 15.1. The van der Waals surface area contributed by atoms with Crippen molar-refractivity contribution >= 4 is 18.3 Å². The number of rotatable bonds is 9. The number of carbonyl (C=O) groups excluding carboxylic acids is 1. The summed E-state index contributed by atoms with van der Waals surface area (Å²) in [5.74, 6) is 0.163. The maximum absolute atomic E-state index is 11.9. The second kappa shape index (κ2) is 10.6. The summed E-state index contributed by atoms with van der Waals surface area (Å²) < 4.78 is 0. The molecule has 0 spiro atoms. The van der Waals surface area contributed by atoms with E-state index >= 15 is 0 Å². The SMILES string of the molecule is CNCC(C)C(=O)NCC(C)(C)CCCc1ccccc1.Cl. The van der Waals surface area contributed by atoms with Crippen molar-refractivity contribution in [3.05, 3.63) is 35.9 Å². The normalized spacial score (nSPS) is 12.4. The molecule has 0 fully saturated rings. The first-order valence-electron chi connectivity index (χ1n) is 7.91. The minimum Gasteiger partial charge on any atom is -0.355 e. The highest BCUT2D eigenvalue weighted by Gasteiger charge is 2.20. The first kappa shape index (κ1) is 20.9. The van der Waals surface area contributed by atoms with Crippen LogP contribution < -0.4 is 10.6 Å². The fourth-order valence-corrected chi connectivity index (χ4v) is 2.40. The van der Waals surface area contributed by atoms with Gasteiger partial charge in [-0.2, -0.15) is 0 Å². The van der Waals surface area contributed by atoms with E-state index in [1.54, 1.807) is 0 Å². The van der Waals surface area contributed by atoms with Crippen molar-refractivity contribution in [1.29, 1.82) is 0 Å². The molecule has 0 saturated carbocycles. The van der Waals surface area contributed by atoms with Crippen LogP contribution in [0.15, 0.2) is 30.3 Å². The second-order valence-corrected chi connectivity index (χ2v) is 6.68. The van der Waals surface area contributed by atoms with Crippen LogP contribution in [-0.4, -0.2) is 26.0 Å². The Balaban J connectivity index is 0.00000441. The molecular weight excluding hydrogens is 296 g/mol. The van der Waals surface area contributed by atoms with Crippen molar-refractivity contribution in [2.45, 2.75) is 40.0 Å². The fourth-order valence-electron chi connectivity index (χ4n) is 2.40. The first-order valence-corrected chi connectivity index (χ1v) is 7.91.